The quantitative estimate of drug-likeness (QED) is 0.517. The maximum atomic E-state index is 4.61. The van der Waals surface area contributed by atoms with E-state index in [1.807, 2.05) is 10.7 Å². The molecule has 0 amide bonds. The zero-order valence-corrected chi connectivity index (χ0v) is 10.3. The van der Waals surface area contributed by atoms with Gasteiger partial charge in [-0.25, -0.2) is 9.50 Å². The second-order valence-corrected chi connectivity index (χ2v) is 4.93. The van der Waals surface area contributed by atoms with Crippen LogP contribution in [0.5, 0.6) is 0 Å². The third kappa shape index (κ3) is 1.36. The fourth-order valence-corrected chi connectivity index (χ4v) is 2.82. The fourth-order valence-electron chi connectivity index (χ4n) is 2.22. The molecule has 0 radical (unpaired) electrons. The average Bonchev–Trinajstić information content (AvgIpc) is 2.99. The van der Waals surface area contributed by atoms with E-state index in [0.29, 0.717) is 0 Å². The van der Waals surface area contributed by atoms with Crippen LogP contribution in [0.3, 0.4) is 0 Å². The van der Waals surface area contributed by atoms with Crippen LogP contribution in [0, 0.1) is 0 Å². The Morgan fingerprint density at radius 2 is 1.89 bits per heavy atom. The van der Waals surface area contributed by atoms with Crippen molar-refractivity contribution in [2.24, 2.45) is 0 Å². The zero-order valence-electron chi connectivity index (χ0n) is 9.45. The molecule has 0 atom stereocenters. The van der Waals surface area contributed by atoms with Crippen LogP contribution < -0.4 is 0 Å². The fraction of sp³-hybridized carbons (Fsp3) is 0. The molecule has 0 spiro atoms. The lowest BCUT2D eigenvalue weighted by Gasteiger charge is -2.02. The molecular formula is C14H9N3S. The lowest BCUT2D eigenvalue weighted by molar-refractivity contribution is 0.974. The predicted molar refractivity (Wildman–Crippen MR) is 73.8 cm³/mol. The summed E-state index contributed by atoms with van der Waals surface area (Å²) in [6, 6.07) is 14.7. The number of imidazole rings is 1. The Hall–Kier alpha value is -2.20. The smallest absolute Gasteiger partial charge is 0.212 e. The van der Waals surface area contributed by atoms with Crippen molar-refractivity contribution < 1.29 is 0 Å². The van der Waals surface area contributed by atoms with Crippen LogP contribution in [-0.4, -0.2) is 14.6 Å². The van der Waals surface area contributed by atoms with Gasteiger partial charge in [0.2, 0.25) is 4.96 Å². The van der Waals surface area contributed by atoms with Gasteiger partial charge in [-0.15, -0.1) is 0 Å². The van der Waals surface area contributed by atoms with E-state index in [2.05, 4.69) is 52.5 Å². The molecule has 4 rings (SSSR count). The number of fused-ring (bicyclic) bond motifs is 2. The minimum atomic E-state index is 0.929. The van der Waals surface area contributed by atoms with Gasteiger partial charge >= 0.3 is 0 Å². The monoisotopic (exact) mass is 251 g/mol. The summed E-state index contributed by atoms with van der Waals surface area (Å²) in [6.07, 6.45) is 1.98. The lowest BCUT2D eigenvalue weighted by atomic mass is 10.0. The van der Waals surface area contributed by atoms with E-state index in [4.69, 9.17) is 0 Å². The van der Waals surface area contributed by atoms with Crippen molar-refractivity contribution >= 4 is 27.1 Å². The first-order valence-electron chi connectivity index (χ1n) is 5.69. The molecule has 0 aliphatic carbocycles. The first-order chi connectivity index (χ1) is 8.92. The number of hydrogen-bond donors (Lipinski definition) is 0. The number of hydrogen-bond acceptors (Lipinski definition) is 3. The number of benzene rings is 2. The molecule has 0 saturated heterocycles. The Bertz CT molecular complexity index is 810. The summed E-state index contributed by atoms with van der Waals surface area (Å²) in [4.78, 5) is 5.54. The average molecular weight is 251 g/mol. The first-order valence-corrected chi connectivity index (χ1v) is 6.57. The molecule has 18 heavy (non-hydrogen) atoms. The maximum Gasteiger partial charge on any atom is 0.212 e. The van der Waals surface area contributed by atoms with Crippen LogP contribution in [0.25, 0.3) is 27.0 Å². The van der Waals surface area contributed by atoms with Crippen LogP contribution in [0.15, 0.2) is 54.2 Å². The molecule has 2 aromatic heterocycles. The molecule has 0 bridgehead atoms. The summed E-state index contributed by atoms with van der Waals surface area (Å²) in [5, 5.41) is 6.68. The summed E-state index contributed by atoms with van der Waals surface area (Å²) < 4.78 is 1.82. The van der Waals surface area contributed by atoms with E-state index in [-0.39, 0.29) is 0 Å². The molecule has 0 aliphatic rings. The molecule has 0 fully saturated rings. The topological polar surface area (TPSA) is 30.2 Å². The van der Waals surface area contributed by atoms with Crippen molar-refractivity contribution in [3.8, 4) is 11.3 Å². The van der Waals surface area contributed by atoms with Crippen molar-refractivity contribution in [1.29, 1.82) is 0 Å². The van der Waals surface area contributed by atoms with Gasteiger partial charge in [-0.2, -0.15) is 5.10 Å². The van der Waals surface area contributed by atoms with Gasteiger partial charge in [-0.1, -0.05) is 53.8 Å². The Morgan fingerprint density at radius 1 is 1.00 bits per heavy atom. The largest absolute Gasteiger partial charge is 0.217 e. The molecule has 0 unspecified atom stereocenters. The van der Waals surface area contributed by atoms with E-state index in [0.717, 1.165) is 16.2 Å². The van der Waals surface area contributed by atoms with Gasteiger partial charge in [0.25, 0.3) is 0 Å². The Balaban J connectivity index is 2.04. The van der Waals surface area contributed by atoms with Gasteiger partial charge < -0.3 is 0 Å². The van der Waals surface area contributed by atoms with Crippen molar-refractivity contribution in [1.82, 2.24) is 14.6 Å². The van der Waals surface area contributed by atoms with Crippen LogP contribution in [0.2, 0.25) is 0 Å². The van der Waals surface area contributed by atoms with Crippen molar-refractivity contribution in [2.45, 2.75) is 0 Å². The van der Waals surface area contributed by atoms with Crippen molar-refractivity contribution in [3.05, 3.63) is 54.2 Å². The molecule has 4 heteroatoms. The van der Waals surface area contributed by atoms with Crippen molar-refractivity contribution in [2.75, 3.05) is 0 Å². The molecule has 0 saturated carbocycles. The molecule has 4 aromatic rings. The molecule has 0 aliphatic heterocycles. The van der Waals surface area contributed by atoms with Crippen LogP contribution in [0.1, 0.15) is 0 Å². The highest BCUT2D eigenvalue weighted by atomic mass is 32.1. The van der Waals surface area contributed by atoms with E-state index in [9.17, 15) is 0 Å². The van der Waals surface area contributed by atoms with Crippen LogP contribution >= 0.6 is 11.3 Å². The highest BCUT2D eigenvalue weighted by molar-refractivity contribution is 7.14. The minimum Gasteiger partial charge on any atom is -0.217 e. The third-order valence-electron chi connectivity index (χ3n) is 3.05. The summed E-state index contributed by atoms with van der Waals surface area (Å²) in [6.45, 7) is 0. The maximum absolute atomic E-state index is 4.61. The second kappa shape index (κ2) is 3.65. The highest BCUT2D eigenvalue weighted by Gasteiger charge is 2.08. The highest BCUT2D eigenvalue weighted by Crippen LogP contribution is 2.28. The summed E-state index contributed by atoms with van der Waals surface area (Å²) in [5.74, 6) is 0. The van der Waals surface area contributed by atoms with Gasteiger partial charge in [0.1, 0.15) is 5.51 Å². The zero-order chi connectivity index (χ0) is 11.9. The van der Waals surface area contributed by atoms with Crippen LogP contribution in [0.4, 0.5) is 0 Å². The molecule has 2 heterocycles. The summed E-state index contributed by atoms with van der Waals surface area (Å²) >= 11 is 1.55. The molecular weight excluding hydrogens is 242 g/mol. The number of aromatic nitrogens is 3. The van der Waals surface area contributed by atoms with Gasteiger partial charge in [-0.05, 0) is 10.8 Å². The van der Waals surface area contributed by atoms with Gasteiger partial charge in [0, 0.05) is 5.56 Å². The Kier molecular flexibility index (Phi) is 1.98. The predicted octanol–water partition coefficient (Wildman–Crippen LogP) is 3.61. The molecule has 2 aromatic carbocycles. The van der Waals surface area contributed by atoms with E-state index >= 15 is 0 Å². The molecule has 3 nitrogen and oxygen atoms in total. The lowest BCUT2D eigenvalue weighted by Crippen LogP contribution is -1.81. The standard InChI is InChI=1S/C14H9N3S/c1-2-6-11-10(4-1)5-3-7-12(11)13-8-17-14(16-13)18-9-15-17/h1-9H. The van der Waals surface area contributed by atoms with Gasteiger partial charge in [0.15, 0.2) is 0 Å². The first kappa shape index (κ1) is 9.79. The van der Waals surface area contributed by atoms with E-state index in [1.165, 1.54) is 10.8 Å². The molecule has 86 valence electrons. The number of rotatable bonds is 1. The minimum absolute atomic E-state index is 0.929. The third-order valence-corrected chi connectivity index (χ3v) is 3.74. The SMILES string of the molecule is c1ccc2c(-c3cn4ncsc4n3)cccc2c1. The Morgan fingerprint density at radius 3 is 2.83 bits per heavy atom. The van der Waals surface area contributed by atoms with E-state index in [1.54, 1.807) is 16.8 Å². The second-order valence-electron chi connectivity index (χ2n) is 4.12. The normalized spacial score (nSPS) is 11.3. The summed E-state index contributed by atoms with van der Waals surface area (Å²) in [5.41, 5.74) is 3.94. The van der Waals surface area contributed by atoms with Gasteiger partial charge in [0.05, 0.1) is 11.9 Å². The Labute approximate surface area is 107 Å². The van der Waals surface area contributed by atoms with Gasteiger partial charge in [-0.3, -0.25) is 0 Å². The molecule has 0 N–H and O–H groups in total. The summed E-state index contributed by atoms with van der Waals surface area (Å²) in [7, 11) is 0. The van der Waals surface area contributed by atoms with E-state index < -0.39 is 0 Å². The van der Waals surface area contributed by atoms with Crippen molar-refractivity contribution in [3.63, 3.8) is 0 Å². The van der Waals surface area contributed by atoms with Crippen LogP contribution in [-0.2, 0) is 0 Å². The number of nitrogens with zero attached hydrogens (tertiary/aromatic N) is 3.